The monoisotopic (exact) mass is 1150 g/mol. The van der Waals surface area contributed by atoms with Crippen molar-refractivity contribution in [1.82, 2.24) is 0 Å². The molecular formula is C77H132O6. The minimum atomic E-state index is -0.795. The molecule has 0 amide bonds. The minimum absolute atomic E-state index is 0.0877. The van der Waals surface area contributed by atoms with E-state index in [9.17, 15) is 14.4 Å². The third kappa shape index (κ3) is 68.7. The largest absolute Gasteiger partial charge is 0.462 e. The first-order valence-corrected chi connectivity index (χ1v) is 35.4. The molecule has 0 saturated heterocycles. The Morgan fingerprint density at radius 3 is 0.747 bits per heavy atom. The molecule has 0 spiro atoms. The molecule has 0 radical (unpaired) electrons. The molecule has 0 aliphatic heterocycles. The maximum atomic E-state index is 13.0. The van der Waals surface area contributed by atoms with Crippen molar-refractivity contribution in [2.45, 2.75) is 348 Å². The first-order chi connectivity index (χ1) is 41.0. The molecule has 476 valence electrons. The number of unbranched alkanes of at least 4 members (excludes halogenated alkanes) is 35. The predicted molar refractivity (Wildman–Crippen MR) is 362 cm³/mol. The van der Waals surface area contributed by atoms with Crippen LogP contribution < -0.4 is 0 Å². The van der Waals surface area contributed by atoms with Crippen LogP contribution >= 0.6 is 0 Å². The average molecular weight is 1150 g/mol. The molecule has 0 rings (SSSR count). The Balaban J connectivity index is 4.26. The van der Waals surface area contributed by atoms with Crippen LogP contribution in [0.3, 0.4) is 0 Å². The summed E-state index contributed by atoms with van der Waals surface area (Å²) < 4.78 is 16.9. The zero-order chi connectivity index (χ0) is 59.9. The first kappa shape index (κ1) is 79.1. The second kappa shape index (κ2) is 70.6. The number of carbonyl (C=O) groups excluding carboxylic acids is 3. The van der Waals surface area contributed by atoms with Gasteiger partial charge in [0.2, 0.25) is 0 Å². The second-order valence-electron chi connectivity index (χ2n) is 23.4. The number of hydrogen-bond acceptors (Lipinski definition) is 6. The molecule has 0 bridgehead atoms. The lowest BCUT2D eigenvalue weighted by Gasteiger charge is -2.18. The van der Waals surface area contributed by atoms with Crippen molar-refractivity contribution in [2.75, 3.05) is 13.2 Å². The molecule has 0 aromatic carbocycles. The molecule has 83 heavy (non-hydrogen) atoms. The van der Waals surface area contributed by atoms with Gasteiger partial charge in [-0.2, -0.15) is 0 Å². The lowest BCUT2D eigenvalue weighted by molar-refractivity contribution is -0.167. The Bertz CT molecular complexity index is 1660. The van der Waals surface area contributed by atoms with Gasteiger partial charge in [-0.1, -0.05) is 310 Å². The fourth-order valence-corrected chi connectivity index (χ4v) is 10.0. The Labute approximate surface area is 514 Å². The third-order valence-corrected chi connectivity index (χ3v) is 15.2. The van der Waals surface area contributed by atoms with Gasteiger partial charge in [-0.15, -0.1) is 0 Å². The molecule has 0 saturated carbocycles. The van der Waals surface area contributed by atoms with Crippen molar-refractivity contribution in [1.29, 1.82) is 0 Å². The molecule has 0 aromatic heterocycles. The van der Waals surface area contributed by atoms with Gasteiger partial charge in [0.25, 0.3) is 0 Å². The van der Waals surface area contributed by atoms with Crippen molar-refractivity contribution in [2.24, 2.45) is 0 Å². The van der Waals surface area contributed by atoms with Gasteiger partial charge in [0.15, 0.2) is 6.10 Å². The Kier molecular flexibility index (Phi) is 67.2. The summed E-state index contributed by atoms with van der Waals surface area (Å²) in [6.45, 7) is 6.41. The topological polar surface area (TPSA) is 78.9 Å². The van der Waals surface area contributed by atoms with Crippen molar-refractivity contribution in [3.05, 3.63) is 109 Å². The molecule has 1 atom stereocenters. The summed E-state index contributed by atoms with van der Waals surface area (Å²) in [7, 11) is 0. The van der Waals surface area contributed by atoms with Gasteiger partial charge in [-0.25, -0.2) is 0 Å². The predicted octanol–water partition coefficient (Wildman–Crippen LogP) is 24.6. The zero-order valence-electron chi connectivity index (χ0n) is 54.7. The van der Waals surface area contributed by atoms with E-state index in [-0.39, 0.29) is 31.1 Å². The number of esters is 3. The number of hydrogen-bond donors (Lipinski definition) is 0. The van der Waals surface area contributed by atoms with Gasteiger partial charge in [-0.3, -0.25) is 14.4 Å². The van der Waals surface area contributed by atoms with Gasteiger partial charge in [-0.05, 0) is 122 Å². The number of allylic oxidation sites excluding steroid dienone is 18. The van der Waals surface area contributed by atoms with Crippen molar-refractivity contribution < 1.29 is 28.6 Å². The van der Waals surface area contributed by atoms with Crippen LogP contribution in [0.1, 0.15) is 342 Å². The fraction of sp³-hybridized carbons (Fsp3) is 0.727. The summed E-state index contributed by atoms with van der Waals surface area (Å²) >= 11 is 0. The molecule has 0 aromatic rings. The summed E-state index contributed by atoms with van der Waals surface area (Å²) in [4.78, 5) is 38.4. The number of ether oxygens (including phenoxy) is 3. The highest BCUT2D eigenvalue weighted by molar-refractivity contribution is 5.71. The molecule has 1 unspecified atom stereocenters. The normalized spacial score (nSPS) is 12.8. The van der Waals surface area contributed by atoms with E-state index < -0.39 is 6.10 Å². The zero-order valence-corrected chi connectivity index (χ0v) is 54.7. The van der Waals surface area contributed by atoms with Gasteiger partial charge >= 0.3 is 17.9 Å². The standard InChI is InChI=1S/C77H132O6/c1-4-7-10-13-16-19-22-25-27-29-31-33-35-36-37-38-39-40-42-43-45-47-49-52-55-58-61-64-67-70-76(79)82-73-74(72-81-75(78)69-66-63-60-57-54-51-24-21-18-15-12-9-6-3)83-77(80)71-68-65-62-59-56-53-50-48-46-44-41-34-32-30-28-26-23-20-17-14-11-8-5-2/h8-9,11-12,17-18,20-22,25-26,28-29,31-32,34,51,54,74H,4-7,10,13-16,19,23-24,27,30,33,35-50,52-53,55-73H2,1-3H3/b11-8-,12-9-,20-17-,21-18-,25-22-,28-26-,31-29-,34-32-,54-51-. The summed E-state index contributed by atoms with van der Waals surface area (Å²) in [5.74, 6) is -0.910. The number of carbonyl (C=O) groups is 3. The van der Waals surface area contributed by atoms with Crippen LogP contribution in [0.4, 0.5) is 0 Å². The van der Waals surface area contributed by atoms with Crippen molar-refractivity contribution in [3.63, 3.8) is 0 Å². The maximum Gasteiger partial charge on any atom is 0.306 e. The van der Waals surface area contributed by atoms with E-state index in [0.717, 1.165) is 116 Å². The summed E-state index contributed by atoms with van der Waals surface area (Å²) in [5, 5.41) is 0. The van der Waals surface area contributed by atoms with E-state index in [0.29, 0.717) is 19.3 Å². The Hall–Kier alpha value is -3.93. The van der Waals surface area contributed by atoms with Crippen LogP contribution in [0.25, 0.3) is 0 Å². The van der Waals surface area contributed by atoms with Crippen LogP contribution in [-0.4, -0.2) is 37.2 Å². The van der Waals surface area contributed by atoms with Gasteiger partial charge in [0.1, 0.15) is 13.2 Å². The smallest absolute Gasteiger partial charge is 0.306 e. The molecule has 0 aliphatic carbocycles. The SMILES string of the molecule is CC/C=C\C/C=C\C/C=C\C/C=C\CCCCCCCCCCCCC(=O)OC(COC(=O)CCCCC/C=C\C/C=C\C/C=C\CC)COC(=O)CCCCCCCCCCCCCCCCCCC/C=C\C/C=C\CCCCCCC. The van der Waals surface area contributed by atoms with E-state index in [2.05, 4.69) is 130 Å². The highest BCUT2D eigenvalue weighted by Gasteiger charge is 2.19. The maximum absolute atomic E-state index is 13.0. The fourth-order valence-electron chi connectivity index (χ4n) is 10.0. The van der Waals surface area contributed by atoms with Gasteiger partial charge < -0.3 is 14.2 Å². The average Bonchev–Trinajstić information content (AvgIpc) is 3.49. The third-order valence-electron chi connectivity index (χ3n) is 15.2. The second-order valence-corrected chi connectivity index (χ2v) is 23.4. The van der Waals surface area contributed by atoms with Crippen LogP contribution in [0, 0.1) is 0 Å². The summed E-state index contributed by atoms with van der Waals surface area (Å²) in [5.41, 5.74) is 0. The van der Waals surface area contributed by atoms with E-state index in [1.54, 1.807) is 0 Å². The lowest BCUT2D eigenvalue weighted by atomic mass is 10.0. The van der Waals surface area contributed by atoms with E-state index in [1.165, 1.54) is 186 Å². The van der Waals surface area contributed by atoms with Gasteiger partial charge in [0.05, 0.1) is 0 Å². The molecule has 0 aliphatic rings. The summed E-state index contributed by atoms with van der Waals surface area (Å²) in [6.07, 6.45) is 97.0. The molecular weight excluding hydrogens is 1020 g/mol. The van der Waals surface area contributed by atoms with Crippen LogP contribution in [0.5, 0.6) is 0 Å². The van der Waals surface area contributed by atoms with Crippen LogP contribution in [0.15, 0.2) is 109 Å². The van der Waals surface area contributed by atoms with Crippen LogP contribution in [0.2, 0.25) is 0 Å². The van der Waals surface area contributed by atoms with Crippen molar-refractivity contribution in [3.8, 4) is 0 Å². The van der Waals surface area contributed by atoms with E-state index in [1.807, 2.05) is 0 Å². The first-order valence-electron chi connectivity index (χ1n) is 35.4. The van der Waals surface area contributed by atoms with E-state index >= 15 is 0 Å². The summed E-state index contributed by atoms with van der Waals surface area (Å²) in [6, 6.07) is 0. The van der Waals surface area contributed by atoms with Gasteiger partial charge in [0, 0.05) is 19.3 Å². The Morgan fingerprint density at radius 1 is 0.253 bits per heavy atom. The molecule has 6 heteroatoms. The highest BCUT2D eigenvalue weighted by Crippen LogP contribution is 2.17. The van der Waals surface area contributed by atoms with Crippen molar-refractivity contribution >= 4 is 17.9 Å². The Morgan fingerprint density at radius 2 is 0.470 bits per heavy atom. The highest BCUT2D eigenvalue weighted by atomic mass is 16.6. The quantitative estimate of drug-likeness (QED) is 0.0261. The van der Waals surface area contributed by atoms with E-state index in [4.69, 9.17) is 14.2 Å². The molecule has 0 N–H and O–H groups in total. The molecule has 0 heterocycles. The number of rotatable bonds is 64. The molecule has 6 nitrogen and oxygen atoms in total. The minimum Gasteiger partial charge on any atom is -0.462 e. The molecule has 0 fully saturated rings. The van der Waals surface area contributed by atoms with Crippen LogP contribution in [-0.2, 0) is 28.6 Å². The lowest BCUT2D eigenvalue weighted by Crippen LogP contribution is -2.30.